The molecule has 0 radical (unpaired) electrons. The number of anilines is 1. The summed E-state index contributed by atoms with van der Waals surface area (Å²) >= 11 is 0. The van der Waals surface area contributed by atoms with Gasteiger partial charge in [-0.3, -0.25) is 19.0 Å². The summed E-state index contributed by atoms with van der Waals surface area (Å²) in [5, 5.41) is 15.5. The van der Waals surface area contributed by atoms with Gasteiger partial charge in [0.2, 0.25) is 0 Å². The zero-order valence-electron chi connectivity index (χ0n) is 14.4. The number of carbonyl (C=O) groups is 2. The van der Waals surface area contributed by atoms with Gasteiger partial charge in [-0.1, -0.05) is 18.2 Å². The van der Waals surface area contributed by atoms with Crippen LogP contribution in [0.3, 0.4) is 0 Å². The van der Waals surface area contributed by atoms with E-state index in [1.807, 2.05) is 6.07 Å². The van der Waals surface area contributed by atoms with Gasteiger partial charge in [-0.15, -0.1) is 0 Å². The van der Waals surface area contributed by atoms with Crippen molar-refractivity contribution in [3.8, 4) is 5.69 Å². The topological polar surface area (TPSA) is 111 Å². The van der Waals surface area contributed by atoms with Crippen molar-refractivity contribution < 1.29 is 14.7 Å². The number of amides is 1. The number of benzene rings is 1. The van der Waals surface area contributed by atoms with Crippen molar-refractivity contribution in [1.82, 2.24) is 19.1 Å². The second-order valence-electron chi connectivity index (χ2n) is 5.73. The molecule has 134 valence electrons. The molecule has 3 aromatic rings. The molecule has 9 nitrogen and oxygen atoms in total. The van der Waals surface area contributed by atoms with Gasteiger partial charge in [0.15, 0.2) is 0 Å². The summed E-state index contributed by atoms with van der Waals surface area (Å²) < 4.78 is 4.20. The van der Waals surface area contributed by atoms with Gasteiger partial charge >= 0.3 is 5.97 Å². The first kappa shape index (κ1) is 17.2. The van der Waals surface area contributed by atoms with Gasteiger partial charge in [0, 0.05) is 14.1 Å². The Kier molecular flexibility index (Phi) is 4.21. The van der Waals surface area contributed by atoms with Crippen molar-refractivity contribution in [3.05, 3.63) is 63.8 Å². The normalized spacial score (nSPS) is 10.7. The van der Waals surface area contributed by atoms with E-state index in [0.717, 1.165) is 10.9 Å². The molecule has 2 N–H and O–H groups in total. The van der Waals surface area contributed by atoms with Gasteiger partial charge in [0.25, 0.3) is 11.5 Å². The molecule has 2 aromatic heterocycles. The highest BCUT2D eigenvalue weighted by Crippen LogP contribution is 2.16. The van der Waals surface area contributed by atoms with E-state index in [2.05, 4.69) is 10.4 Å². The molecule has 1 amide bonds. The lowest BCUT2D eigenvalue weighted by molar-refractivity contribution is 0.0692. The molecular weight excluding hydrogens is 338 g/mol. The van der Waals surface area contributed by atoms with Crippen LogP contribution in [0.25, 0.3) is 5.69 Å². The van der Waals surface area contributed by atoms with Crippen molar-refractivity contribution >= 4 is 17.6 Å². The standard InChI is InChI=1S/C17H17N5O4/c1-10-13(16(24)22(21(10)3)11-7-5-4-6-8-11)19-15(23)14-12(17(25)26)9-18-20(14)2/h4-9H,1-3H3,(H,19,23)(H,25,26). The summed E-state index contributed by atoms with van der Waals surface area (Å²) in [5.74, 6) is -1.98. The Labute approximate surface area is 148 Å². The number of hydrogen-bond donors (Lipinski definition) is 2. The highest BCUT2D eigenvalue weighted by Gasteiger charge is 2.25. The van der Waals surface area contributed by atoms with Crippen LogP contribution in [-0.4, -0.2) is 36.1 Å². The average molecular weight is 355 g/mol. The van der Waals surface area contributed by atoms with Crippen LogP contribution in [0, 0.1) is 6.92 Å². The number of aromatic carboxylic acids is 1. The van der Waals surface area contributed by atoms with Crippen LogP contribution in [0.5, 0.6) is 0 Å². The number of aromatic nitrogens is 4. The van der Waals surface area contributed by atoms with Crippen LogP contribution in [-0.2, 0) is 14.1 Å². The molecule has 0 spiro atoms. The highest BCUT2D eigenvalue weighted by atomic mass is 16.4. The third-order valence-corrected chi connectivity index (χ3v) is 4.18. The summed E-state index contributed by atoms with van der Waals surface area (Å²) in [7, 11) is 3.16. The third-order valence-electron chi connectivity index (χ3n) is 4.18. The van der Waals surface area contributed by atoms with Crippen LogP contribution in [0.1, 0.15) is 26.5 Å². The molecule has 0 fully saturated rings. The minimum Gasteiger partial charge on any atom is -0.478 e. The smallest absolute Gasteiger partial charge is 0.339 e. The molecule has 0 saturated heterocycles. The van der Waals surface area contributed by atoms with Gasteiger partial charge in [-0.05, 0) is 19.1 Å². The maximum Gasteiger partial charge on any atom is 0.339 e. The van der Waals surface area contributed by atoms with Crippen LogP contribution in [0.15, 0.2) is 41.3 Å². The Bertz CT molecular complexity index is 1060. The number of carbonyl (C=O) groups excluding carboxylic acids is 1. The second-order valence-corrected chi connectivity index (χ2v) is 5.73. The fourth-order valence-electron chi connectivity index (χ4n) is 2.75. The minimum absolute atomic E-state index is 0.0823. The van der Waals surface area contributed by atoms with Gasteiger partial charge in [0.05, 0.1) is 17.6 Å². The van der Waals surface area contributed by atoms with Crippen molar-refractivity contribution in [3.63, 3.8) is 0 Å². The number of para-hydroxylation sites is 1. The molecule has 0 aliphatic rings. The number of rotatable bonds is 4. The Hall–Kier alpha value is -3.62. The van der Waals surface area contributed by atoms with Crippen molar-refractivity contribution in [2.75, 3.05) is 5.32 Å². The van der Waals surface area contributed by atoms with E-state index in [9.17, 15) is 19.5 Å². The zero-order valence-corrected chi connectivity index (χ0v) is 14.4. The Morgan fingerprint density at radius 3 is 2.42 bits per heavy atom. The molecule has 26 heavy (non-hydrogen) atoms. The molecule has 0 aliphatic heterocycles. The fraction of sp³-hybridized carbons (Fsp3) is 0.176. The van der Waals surface area contributed by atoms with Crippen LogP contribution >= 0.6 is 0 Å². The van der Waals surface area contributed by atoms with Crippen LogP contribution in [0.4, 0.5) is 5.69 Å². The molecular formula is C17H17N5O4. The molecule has 0 bridgehead atoms. The van der Waals surface area contributed by atoms with E-state index < -0.39 is 17.4 Å². The molecule has 0 saturated carbocycles. The number of carboxylic acid groups (broad SMARTS) is 1. The zero-order chi connectivity index (χ0) is 19.0. The number of nitrogens with zero attached hydrogens (tertiary/aromatic N) is 4. The van der Waals surface area contributed by atoms with E-state index in [1.54, 1.807) is 42.9 Å². The number of nitrogens with one attached hydrogen (secondary N) is 1. The van der Waals surface area contributed by atoms with E-state index >= 15 is 0 Å². The van der Waals surface area contributed by atoms with Gasteiger partial charge in [0.1, 0.15) is 16.9 Å². The van der Waals surface area contributed by atoms with Gasteiger partial charge in [-0.25, -0.2) is 9.48 Å². The first-order chi connectivity index (χ1) is 12.3. The van der Waals surface area contributed by atoms with E-state index in [1.165, 1.54) is 11.7 Å². The largest absolute Gasteiger partial charge is 0.478 e. The molecule has 3 rings (SSSR count). The molecule has 2 heterocycles. The molecule has 0 aliphatic carbocycles. The lowest BCUT2D eigenvalue weighted by Gasteiger charge is -2.07. The van der Waals surface area contributed by atoms with Crippen molar-refractivity contribution in [2.45, 2.75) is 6.92 Å². The van der Waals surface area contributed by atoms with Crippen LogP contribution < -0.4 is 10.9 Å². The van der Waals surface area contributed by atoms with Crippen molar-refractivity contribution in [1.29, 1.82) is 0 Å². The predicted octanol–water partition coefficient (Wildman–Crippen LogP) is 1.17. The highest BCUT2D eigenvalue weighted by molar-refractivity contribution is 6.09. The number of carboxylic acids is 1. The Balaban J connectivity index is 2.05. The van der Waals surface area contributed by atoms with Gasteiger partial charge in [-0.2, -0.15) is 5.10 Å². The van der Waals surface area contributed by atoms with E-state index in [0.29, 0.717) is 11.4 Å². The van der Waals surface area contributed by atoms with Crippen LogP contribution in [0.2, 0.25) is 0 Å². The van der Waals surface area contributed by atoms with E-state index in [4.69, 9.17) is 0 Å². The second kappa shape index (κ2) is 6.36. The average Bonchev–Trinajstić information content (AvgIpc) is 3.09. The maximum atomic E-state index is 12.8. The monoisotopic (exact) mass is 355 g/mol. The summed E-state index contributed by atoms with van der Waals surface area (Å²) in [6, 6.07) is 8.99. The quantitative estimate of drug-likeness (QED) is 0.730. The Morgan fingerprint density at radius 1 is 1.15 bits per heavy atom. The molecule has 9 heteroatoms. The predicted molar refractivity (Wildman–Crippen MR) is 93.9 cm³/mol. The summed E-state index contributed by atoms with van der Waals surface area (Å²) in [5.41, 5.74) is 0.484. The molecule has 0 unspecified atom stereocenters. The maximum absolute atomic E-state index is 12.8. The first-order valence-electron chi connectivity index (χ1n) is 7.73. The molecule has 0 atom stereocenters. The summed E-state index contributed by atoms with van der Waals surface area (Å²) in [6.07, 6.45) is 1.09. The SMILES string of the molecule is Cc1c(NC(=O)c2c(C(=O)O)cnn2C)c(=O)n(-c2ccccc2)n1C. The minimum atomic E-state index is -1.27. The lowest BCUT2D eigenvalue weighted by Crippen LogP contribution is -2.25. The lowest BCUT2D eigenvalue weighted by atomic mass is 10.2. The van der Waals surface area contributed by atoms with Gasteiger partial charge < -0.3 is 10.4 Å². The summed E-state index contributed by atoms with van der Waals surface area (Å²) in [4.78, 5) is 36.7. The summed E-state index contributed by atoms with van der Waals surface area (Å²) in [6.45, 7) is 1.69. The fourth-order valence-corrected chi connectivity index (χ4v) is 2.75. The van der Waals surface area contributed by atoms with Crippen molar-refractivity contribution in [2.24, 2.45) is 14.1 Å². The van der Waals surface area contributed by atoms with E-state index in [-0.39, 0.29) is 16.9 Å². The number of aryl methyl sites for hydroxylation is 1. The molecule has 1 aromatic carbocycles. The first-order valence-corrected chi connectivity index (χ1v) is 7.73. The third kappa shape index (κ3) is 2.69. The number of hydrogen-bond acceptors (Lipinski definition) is 4. The Morgan fingerprint density at radius 2 is 1.81 bits per heavy atom.